The molecule has 1 aliphatic heterocycles. The number of rotatable bonds is 3. The van der Waals surface area contributed by atoms with Crippen LogP contribution >= 0.6 is 0 Å². The van der Waals surface area contributed by atoms with E-state index in [2.05, 4.69) is 5.32 Å². The molecule has 0 spiro atoms. The van der Waals surface area contributed by atoms with Gasteiger partial charge in [0.15, 0.2) is 0 Å². The van der Waals surface area contributed by atoms with Crippen molar-refractivity contribution in [2.24, 2.45) is 0 Å². The van der Waals surface area contributed by atoms with Gasteiger partial charge in [-0.15, -0.1) is 0 Å². The molecule has 1 fully saturated rings. The fourth-order valence-corrected chi connectivity index (χ4v) is 1.93. The van der Waals surface area contributed by atoms with Gasteiger partial charge in [-0.05, 0) is 24.1 Å². The van der Waals surface area contributed by atoms with Gasteiger partial charge in [-0.3, -0.25) is 0 Å². The number of halogens is 1. The van der Waals surface area contributed by atoms with Crippen LogP contribution in [0.2, 0.25) is 0 Å². The maximum atomic E-state index is 13.1. The number of hydrogen-bond acceptors (Lipinski definition) is 2. The van der Waals surface area contributed by atoms with Crippen LogP contribution in [0, 0.1) is 12.7 Å². The lowest BCUT2D eigenvalue weighted by Crippen LogP contribution is -2.61. The molecule has 3 heteroatoms. The van der Waals surface area contributed by atoms with Crippen molar-refractivity contribution in [1.82, 2.24) is 5.32 Å². The average Bonchev–Trinajstić information content (AvgIpc) is 2.17. The largest absolute Gasteiger partial charge is 0.375 e. The van der Waals surface area contributed by atoms with Crippen LogP contribution in [0.15, 0.2) is 18.2 Å². The summed E-state index contributed by atoms with van der Waals surface area (Å²) in [6, 6.07) is 5.26. The average molecular weight is 209 g/mol. The van der Waals surface area contributed by atoms with Crippen LogP contribution in [0.5, 0.6) is 0 Å². The Kier molecular flexibility index (Phi) is 2.76. The van der Waals surface area contributed by atoms with E-state index in [0.29, 0.717) is 5.56 Å². The lowest BCUT2D eigenvalue weighted by molar-refractivity contribution is -0.0502. The predicted molar refractivity (Wildman–Crippen MR) is 57.5 cm³/mol. The molecule has 1 N–H and O–H groups in total. The second kappa shape index (κ2) is 3.91. The van der Waals surface area contributed by atoms with Gasteiger partial charge in [0.25, 0.3) is 0 Å². The Bertz CT molecular complexity index is 355. The van der Waals surface area contributed by atoms with Crippen LogP contribution in [0.1, 0.15) is 11.1 Å². The molecule has 0 bridgehead atoms. The number of ether oxygens (including phenoxy) is 1. The first-order valence-corrected chi connectivity index (χ1v) is 5.16. The third kappa shape index (κ3) is 2.03. The Morgan fingerprint density at radius 3 is 2.67 bits per heavy atom. The molecule has 15 heavy (non-hydrogen) atoms. The highest BCUT2D eigenvalue weighted by molar-refractivity contribution is 5.26. The third-order valence-electron chi connectivity index (χ3n) is 3.08. The zero-order chi connectivity index (χ0) is 10.9. The van der Waals surface area contributed by atoms with Crippen molar-refractivity contribution in [3.8, 4) is 0 Å². The molecule has 1 aromatic rings. The minimum atomic E-state index is -0.142. The number of aryl methyl sites for hydroxylation is 1. The van der Waals surface area contributed by atoms with Gasteiger partial charge in [-0.25, -0.2) is 4.39 Å². The quantitative estimate of drug-likeness (QED) is 0.817. The summed E-state index contributed by atoms with van der Waals surface area (Å²) in [5.41, 5.74) is 1.76. The van der Waals surface area contributed by atoms with Crippen LogP contribution in [-0.2, 0) is 11.2 Å². The van der Waals surface area contributed by atoms with Crippen molar-refractivity contribution in [2.75, 3.05) is 20.2 Å². The molecule has 0 aromatic heterocycles. The third-order valence-corrected chi connectivity index (χ3v) is 3.08. The van der Waals surface area contributed by atoms with E-state index in [1.54, 1.807) is 14.0 Å². The summed E-state index contributed by atoms with van der Waals surface area (Å²) in [6.07, 6.45) is 0.845. The Morgan fingerprint density at radius 2 is 2.20 bits per heavy atom. The van der Waals surface area contributed by atoms with Crippen molar-refractivity contribution in [3.05, 3.63) is 35.1 Å². The molecule has 0 aliphatic carbocycles. The van der Waals surface area contributed by atoms with Gasteiger partial charge >= 0.3 is 0 Å². The van der Waals surface area contributed by atoms with Crippen molar-refractivity contribution >= 4 is 0 Å². The first kappa shape index (κ1) is 10.6. The van der Waals surface area contributed by atoms with Gasteiger partial charge in [0.05, 0.1) is 5.60 Å². The van der Waals surface area contributed by atoms with E-state index in [0.717, 1.165) is 25.1 Å². The first-order chi connectivity index (χ1) is 7.15. The normalized spacial score (nSPS) is 18.6. The van der Waals surface area contributed by atoms with Crippen molar-refractivity contribution in [2.45, 2.75) is 18.9 Å². The summed E-state index contributed by atoms with van der Waals surface area (Å²) in [7, 11) is 1.73. The zero-order valence-electron chi connectivity index (χ0n) is 9.14. The van der Waals surface area contributed by atoms with Crippen LogP contribution in [0.4, 0.5) is 4.39 Å². The van der Waals surface area contributed by atoms with Crippen molar-refractivity contribution in [1.29, 1.82) is 0 Å². The monoisotopic (exact) mass is 209 g/mol. The number of nitrogens with one attached hydrogen (secondary N) is 1. The topological polar surface area (TPSA) is 21.3 Å². The van der Waals surface area contributed by atoms with Crippen LogP contribution < -0.4 is 5.32 Å². The van der Waals surface area contributed by atoms with Gasteiger partial charge in [0.1, 0.15) is 5.82 Å². The molecule has 0 unspecified atom stereocenters. The summed E-state index contributed by atoms with van der Waals surface area (Å²) < 4.78 is 18.6. The molecule has 2 nitrogen and oxygen atoms in total. The van der Waals surface area contributed by atoms with Gasteiger partial charge in [-0.2, -0.15) is 0 Å². The molecule has 1 aromatic carbocycles. The molecule has 82 valence electrons. The van der Waals surface area contributed by atoms with Crippen LogP contribution in [-0.4, -0.2) is 25.8 Å². The molecule has 0 saturated carbocycles. The second-order valence-corrected chi connectivity index (χ2v) is 4.25. The first-order valence-electron chi connectivity index (χ1n) is 5.16. The highest BCUT2D eigenvalue weighted by Gasteiger charge is 2.36. The Hall–Kier alpha value is -0.930. The van der Waals surface area contributed by atoms with Crippen LogP contribution in [0.3, 0.4) is 0 Å². The SMILES string of the molecule is COC1(Cc2ccc(F)c(C)c2)CNC1. The lowest BCUT2D eigenvalue weighted by Gasteiger charge is -2.41. The maximum absolute atomic E-state index is 13.1. The van der Waals surface area contributed by atoms with E-state index in [1.807, 2.05) is 12.1 Å². The second-order valence-electron chi connectivity index (χ2n) is 4.25. The summed E-state index contributed by atoms with van der Waals surface area (Å²) in [4.78, 5) is 0. The van der Waals surface area contributed by atoms with E-state index >= 15 is 0 Å². The smallest absolute Gasteiger partial charge is 0.126 e. The molecule has 0 amide bonds. The Balaban J connectivity index is 2.13. The number of benzene rings is 1. The Morgan fingerprint density at radius 1 is 1.47 bits per heavy atom. The van der Waals surface area contributed by atoms with Crippen LogP contribution in [0.25, 0.3) is 0 Å². The highest BCUT2D eigenvalue weighted by atomic mass is 19.1. The fourth-order valence-electron chi connectivity index (χ4n) is 1.93. The zero-order valence-corrected chi connectivity index (χ0v) is 9.14. The summed E-state index contributed by atoms with van der Waals surface area (Å²) in [6.45, 7) is 3.54. The standard InChI is InChI=1S/C12H16FNO/c1-9-5-10(3-4-11(9)13)6-12(15-2)7-14-8-12/h3-5,14H,6-8H2,1-2H3. The maximum Gasteiger partial charge on any atom is 0.126 e. The predicted octanol–water partition coefficient (Wildman–Crippen LogP) is 1.67. The van der Waals surface area contributed by atoms with E-state index in [-0.39, 0.29) is 11.4 Å². The molecule has 0 radical (unpaired) electrons. The molecular weight excluding hydrogens is 193 g/mol. The summed E-state index contributed by atoms with van der Waals surface area (Å²) in [5.74, 6) is -0.142. The van der Waals surface area contributed by atoms with Gasteiger partial charge in [-0.1, -0.05) is 12.1 Å². The molecule has 0 atom stereocenters. The van der Waals surface area contributed by atoms with E-state index in [1.165, 1.54) is 6.07 Å². The van der Waals surface area contributed by atoms with Gasteiger partial charge in [0, 0.05) is 26.6 Å². The summed E-state index contributed by atoms with van der Waals surface area (Å²) >= 11 is 0. The van der Waals surface area contributed by atoms with Crippen molar-refractivity contribution in [3.63, 3.8) is 0 Å². The number of methoxy groups -OCH3 is 1. The van der Waals surface area contributed by atoms with E-state index in [9.17, 15) is 4.39 Å². The molecule has 1 aliphatic rings. The molecular formula is C12H16FNO. The Labute approximate surface area is 89.4 Å². The fraction of sp³-hybridized carbons (Fsp3) is 0.500. The minimum Gasteiger partial charge on any atom is -0.375 e. The van der Waals surface area contributed by atoms with Gasteiger partial charge < -0.3 is 10.1 Å². The highest BCUT2D eigenvalue weighted by Crippen LogP contribution is 2.22. The molecule has 1 saturated heterocycles. The van der Waals surface area contributed by atoms with Gasteiger partial charge in [0.2, 0.25) is 0 Å². The van der Waals surface area contributed by atoms with Crippen molar-refractivity contribution < 1.29 is 9.13 Å². The minimum absolute atomic E-state index is 0.0791. The molecule has 1 heterocycles. The van der Waals surface area contributed by atoms with E-state index in [4.69, 9.17) is 4.74 Å². The lowest BCUT2D eigenvalue weighted by atomic mass is 9.88. The number of hydrogen-bond donors (Lipinski definition) is 1. The van der Waals surface area contributed by atoms with E-state index < -0.39 is 0 Å². The summed E-state index contributed by atoms with van der Waals surface area (Å²) in [5, 5.41) is 3.20. The molecule has 2 rings (SSSR count).